The Hall–Kier alpha value is 0.130. The first-order valence-corrected chi connectivity index (χ1v) is 6.44. The summed E-state index contributed by atoms with van der Waals surface area (Å²) in [7, 11) is 0. The van der Waals surface area contributed by atoms with Crippen LogP contribution in [0.5, 0.6) is 0 Å². The largest absolute Gasteiger partial charge is 0.394 e. The molecule has 0 amide bonds. The topological polar surface area (TPSA) is 44.7 Å². The standard InChI is InChI=1S/C11H21ClN2O2/c1-9-6-13-7-10(12)11(9,8-15)14-2-4-16-5-3-14/h9-10,13,15H,2-8H2,1H3. The quantitative estimate of drug-likeness (QED) is 0.670. The third-order valence-corrected chi connectivity index (χ3v) is 4.56. The highest BCUT2D eigenvalue weighted by Gasteiger charge is 2.49. The maximum atomic E-state index is 9.84. The van der Waals surface area contributed by atoms with Crippen molar-refractivity contribution >= 4 is 11.6 Å². The van der Waals surface area contributed by atoms with Crippen molar-refractivity contribution in [3.8, 4) is 0 Å². The van der Waals surface area contributed by atoms with Gasteiger partial charge in [-0.15, -0.1) is 11.6 Å². The number of alkyl halides is 1. The number of hydrogen-bond donors (Lipinski definition) is 2. The molecule has 0 aromatic heterocycles. The van der Waals surface area contributed by atoms with Gasteiger partial charge in [-0.05, 0) is 12.5 Å². The molecular formula is C11H21ClN2O2. The van der Waals surface area contributed by atoms with E-state index in [0.29, 0.717) is 5.92 Å². The summed E-state index contributed by atoms with van der Waals surface area (Å²) in [5, 5.41) is 13.1. The number of aliphatic hydroxyl groups is 1. The molecule has 4 nitrogen and oxygen atoms in total. The Balaban J connectivity index is 2.19. The van der Waals surface area contributed by atoms with Gasteiger partial charge in [-0.2, -0.15) is 0 Å². The second kappa shape index (κ2) is 5.19. The molecule has 2 aliphatic heterocycles. The van der Waals surface area contributed by atoms with Crippen molar-refractivity contribution < 1.29 is 9.84 Å². The monoisotopic (exact) mass is 248 g/mol. The van der Waals surface area contributed by atoms with Crippen LogP contribution in [-0.4, -0.2) is 66.9 Å². The minimum Gasteiger partial charge on any atom is -0.394 e. The summed E-state index contributed by atoms with van der Waals surface area (Å²) in [6, 6.07) is 0. The molecule has 2 N–H and O–H groups in total. The van der Waals surface area contributed by atoms with Crippen molar-refractivity contribution in [3.05, 3.63) is 0 Å². The molecule has 3 atom stereocenters. The molecule has 16 heavy (non-hydrogen) atoms. The first kappa shape index (κ1) is 12.6. The van der Waals surface area contributed by atoms with Crippen molar-refractivity contribution in [2.24, 2.45) is 5.92 Å². The van der Waals surface area contributed by atoms with Crippen LogP contribution in [0.3, 0.4) is 0 Å². The number of nitrogens with one attached hydrogen (secondary N) is 1. The maximum absolute atomic E-state index is 9.84. The van der Waals surface area contributed by atoms with Gasteiger partial charge in [0.15, 0.2) is 0 Å². The van der Waals surface area contributed by atoms with Crippen LogP contribution >= 0.6 is 11.6 Å². The zero-order chi connectivity index (χ0) is 11.6. The molecular weight excluding hydrogens is 228 g/mol. The Morgan fingerprint density at radius 1 is 1.44 bits per heavy atom. The van der Waals surface area contributed by atoms with Gasteiger partial charge < -0.3 is 15.2 Å². The molecule has 2 fully saturated rings. The lowest BCUT2D eigenvalue weighted by Gasteiger charge is -2.53. The molecule has 2 heterocycles. The van der Waals surface area contributed by atoms with Crippen LogP contribution < -0.4 is 5.32 Å². The molecule has 5 heteroatoms. The molecule has 0 radical (unpaired) electrons. The van der Waals surface area contributed by atoms with E-state index in [0.717, 1.165) is 39.4 Å². The van der Waals surface area contributed by atoms with Crippen LogP contribution in [0.15, 0.2) is 0 Å². The smallest absolute Gasteiger partial charge is 0.0669 e. The number of morpholine rings is 1. The number of nitrogens with zero attached hydrogens (tertiary/aromatic N) is 1. The van der Waals surface area contributed by atoms with Crippen molar-refractivity contribution in [2.45, 2.75) is 17.8 Å². The van der Waals surface area contributed by atoms with Gasteiger partial charge in [-0.25, -0.2) is 0 Å². The zero-order valence-corrected chi connectivity index (χ0v) is 10.5. The Kier molecular flexibility index (Phi) is 4.08. The van der Waals surface area contributed by atoms with Crippen LogP contribution in [0.25, 0.3) is 0 Å². The normalized spacial score (nSPS) is 42.2. The molecule has 94 valence electrons. The van der Waals surface area contributed by atoms with Gasteiger partial charge in [0, 0.05) is 19.6 Å². The average molecular weight is 249 g/mol. The Morgan fingerprint density at radius 2 is 2.12 bits per heavy atom. The third-order valence-electron chi connectivity index (χ3n) is 4.02. The fourth-order valence-electron chi connectivity index (χ4n) is 2.93. The molecule has 2 rings (SSSR count). The van der Waals surface area contributed by atoms with Crippen molar-refractivity contribution in [2.75, 3.05) is 46.0 Å². The third kappa shape index (κ3) is 1.97. The van der Waals surface area contributed by atoms with E-state index in [9.17, 15) is 5.11 Å². The number of halogens is 1. The number of ether oxygens (including phenoxy) is 1. The zero-order valence-electron chi connectivity index (χ0n) is 9.79. The fourth-order valence-corrected chi connectivity index (χ4v) is 3.46. The lowest BCUT2D eigenvalue weighted by atomic mass is 9.78. The first-order chi connectivity index (χ1) is 7.71. The Labute approximate surface area is 102 Å². The van der Waals surface area contributed by atoms with Gasteiger partial charge in [0.1, 0.15) is 0 Å². The van der Waals surface area contributed by atoms with Crippen molar-refractivity contribution in [3.63, 3.8) is 0 Å². The highest BCUT2D eigenvalue weighted by atomic mass is 35.5. The molecule has 0 aliphatic carbocycles. The van der Waals surface area contributed by atoms with Gasteiger partial charge in [-0.3, -0.25) is 4.90 Å². The molecule has 0 aromatic rings. The van der Waals surface area contributed by atoms with Crippen molar-refractivity contribution in [1.29, 1.82) is 0 Å². The predicted octanol–water partition coefficient (Wildman–Crippen LogP) is -0.104. The van der Waals surface area contributed by atoms with Gasteiger partial charge in [-0.1, -0.05) is 6.92 Å². The average Bonchev–Trinajstić information content (AvgIpc) is 2.31. The fraction of sp³-hybridized carbons (Fsp3) is 1.00. The number of aliphatic hydroxyl groups excluding tert-OH is 1. The SMILES string of the molecule is CC1CNCC(Cl)C1(CO)N1CCOCC1. The summed E-state index contributed by atoms with van der Waals surface area (Å²) in [5.41, 5.74) is -0.281. The lowest BCUT2D eigenvalue weighted by molar-refractivity contribution is -0.0762. The summed E-state index contributed by atoms with van der Waals surface area (Å²) in [6.45, 7) is 7.20. The van der Waals surface area contributed by atoms with Gasteiger partial charge in [0.05, 0.1) is 30.7 Å². The second-order valence-electron chi connectivity index (χ2n) is 4.78. The summed E-state index contributed by atoms with van der Waals surface area (Å²) in [5.74, 6) is 0.354. The molecule has 0 bridgehead atoms. The first-order valence-electron chi connectivity index (χ1n) is 6.00. The highest BCUT2D eigenvalue weighted by molar-refractivity contribution is 6.21. The van der Waals surface area contributed by atoms with E-state index in [1.165, 1.54) is 0 Å². The van der Waals surface area contributed by atoms with Crippen molar-refractivity contribution in [1.82, 2.24) is 10.2 Å². The summed E-state index contributed by atoms with van der Waals surface area (Å²) >= 11 is 6.46. The van der Waals surface area contributed by atoms with E-state index >= 15 is 0 Å². The van der Waals surface area contributed by atoms with E-state index in [-0.39, 0.29) is 17.5 Å². The van der Waals surface area contributed by atoms with Crippen LogP contribution in [0.4, 0.5) is 0 Å². The molecule has 0 aromatic carbocycles. The number of rotatable bonds is 2. The molecule has 3 unspecified atom stereocenters. The van der Waals surface area contributed by atoms with Crippen LogP contribution in [0.2, 0.25) is 0 Å². The van der Waals surface area contributed by atoms with E-state index in [1.54, 1.807) is 0 Å². The maximum Gasteiger partial charge on any atom is 0.0669 e. The summed E-state index contributed by atoms with van der Waals surface area (Å²) < 4.78 is 5.37. The van der Waals surface area contributed by atoms with Gasteiger partial charge >= 0.3 is 0 Å². The summed E-state index contributed by atoms with van der Waals surface area (Å²) in [6.07, 6.45) is 0. The number of hydrogen-bond acceptors (Lipinski definition) is 4. The van der Waals surface area contributed by atoms with Crippen LogP contribution in [0, 0.1) is 5.92 Å². The van der Waals surface area contributed by atoms with E-state index in [2.05, 4.69) is 17.1 Å². The van der Waals surface area contributed by atoms with Crippen LogP contribution in [0.1, 0.15) is 6.92 Å². The van der Waals surface area contributed by atoms with Crippen LogP contribution in [-0.2, 0) is 4.74 Å². The Morgan fingerprint density at radius 3 is 2.69 bits per heavy atom. The van der Waals surface area contributed by atoms with E-state index < -0.39 is 0 Å². The Bertz CT molecular complexity index is 224. The summed E-state index contributed by atoms with van der Waals surface area (Å²) in [4.78, 5) is 2.32. The lowest BCUT2D eigenvalue weighted by Crippen LogP contribution is -2.69. The highest BCUT2D eigenvalue weighted by Crippen LogP contribution is 2.34. The minimum absolute atomic E-state index is 0.0423. The molecule has 2 saturated heterocycles. The number of piperidine rings is 1. The van der Waals surface area contributed by atoms with E-state index in [1.807, 2.05) is 0 Å². The molecule has 0 spiro atoms. The van der Waals surface area contributed by atoms with E-state index in [4.69, 9.17) is 16.3 Å². The molecule has 0 saturated carbocycles. The second-order valence-corrected chi connectivity index (χ2v) is 5.30. The minimum atomic E-state index is -0.281. The van der Waals surface area contributed by atoms with Gasteiger partial charge in [0.2, 0.25) is 0 Å². The van der Waals surface area contributed by atoms with Gasteiger partial charge in [0.25, 0.3) is 0 Å². The molecule has 2 aliphatic rings. The predicted molar refractivity (Wildman–Crippen MR) is 63.9 cm³/mol.